The number of allylic oxidation sites excluding steroid dienone is 4. The lowest BCUT2D eigenvalue weighted by Crippen LogP contribution is -2.45. The zero-order chi connectivity index (χ0) is 32.3. The number of carboxylic acid groups (broad SMARTS) is 1. The lowest BCUT2D eigenvalue weighted by Gasteiger charge is -2.40. The average Bonchev–Trinajstić information content (AvgIpc) is 3.32. The lowest BCUT2D eigenvalue weighted by atomic mass is 9.89. The number of halogens is 1. The maximum atomic E-state index is 14.3. The summed E-state index contributed by atoms with van der Waals surface area (Å²) in [6.45, 7) is 10.4. The van der Waals surface area contributed by atoms with E-state index in [1.54, 1.807) is 26.0 Å². The Morgan fingerprint density at radius 2 is 1.76 bits per heavy atom. The second kappa shape index (κ2) is 13.5. The molecule has 0 spiro atoms. The number of aromatic nitrogens is 1. The van der Waals surface area contributed by atoms with Crippen molar-refractivity contribution in [1.82, 2.24) is 4.57 Å². The van der Waals surface area contributed by atoms with Gasteiger partial charge in [0, 0.05) is 29.9 Å². The van der Waals surface area contributed by atoms with Crippen LogP contribution in [0.2, 0.25) is 0 Å². The van der Waals surface area contributed by atoms with Crippen molar-refractivity contribution < 1.29 is 28.6 Å². The molecule has 1 aromatic heterocycles. The van der Waals surface area contributed by atoms with Gasteiger partial charge in [0.05, 0.1) is 29.9 Å². The molecule has 2 N–H and O–H groups in total. The minimum Gasteiger partial charge on any atom is -0.481 e. The Bertz CT molecular complexity index is 1590. The van der Waals surface area contributed by atoms with E-state index in [0.29, 0.717) is 36.6 Å². The van der Waals surface area contributed by atoms with Crippen LogP contribution in [0.1, 0.15) is 87.8 Å². The number of benzene rings is 2. The highest BCUT2D eigenvalue weighted by Crippen LogP contribution is 2.42. The maximum Gasteiger partial charge on any atom is 0.305 e. The number of nitrogens with zero attached hydrogens (tertiary/aromatic N) is 1. The van der Waals surface area contributed by atoms with Gasteiger partial charge in [-0.3, -0.25) is 9.59 Å². The number of amides is 1. The molecule has 1 saturated heterocycles. The van der Waals surface area contributed by atoms with Gasteiger partial charge in [-0.1, -0.05) is 57.2 Å². The molecule has 2 heterocycles. The number of carbonyl (C=O) groups is 2. The summed E-state index contributed by atoms with van der Waals surface area (Å²) >= 11 is 0. The summed E-state index contributed by atoms with van der Waals surface area (Å²) in [6.07, 6.45) is 7.45. The Hall–Kier alpha value is -4.01. The summed E-state index contributed by atoms with van der Waals surface area (Å²) in [6, 6.07) is 15.8. The molecule has 1 aliphatic heterocycles. The first kappa shape index (κ1) is 32.4. The van der Waals surface area contributed by atoms with E-state index in [4.69, 9.17) is 9.47 Å². The van der Waals surface area contributed by atoms with Crippen LogP contribution in [0, 0.1) is 11.7 Å². The molecular weight excluding hydrogens is 571 g/mol. The first-order valence-corrected chi connectivity index (χ1v) is 15.8. The highest BCUT2D eigenvalue weighted by molar-refractivity contribution is 6.11. The van der Waals surface area contributed by atoms with Gasteiger partial charge >= 0.3 is 5.97 Å². The van der Waals surface area contributed by atoms with Crippen molar-refractivity contribution in [3.63, 3.8) is 0 Å². The molecule has 2 aromatic carbocycles. The van der Waals surface area contributed by atoms with Crippen LogP contribution < -0.4 is 5.32 Å². The Morgan fingerprint density at radius 1 is 1.07 bits per heavy atom. The number of hydrogen-bond acceptors (Lipinski definition) is 4. The first-order chi connectivity index (χ1) is 21.4. The van der Waals surface area contributed by atoms with Crippen LogP contribution in [0.5, 0.6) is 0 Å². The van der Waals surface area contributed by atoms with Gasteiger partial charge in [0.2, 0.25) is 0 Å². The third-order valence-electron chi connectivity index (χ3n) is 8.33. The van der Waals surface area contributed by atoms with Crippen LogP contribution in [0.4, 0.5) is 10.1 Å². The van der Waals surface area contributed by atoms with Crippen molar-refractivity contribution in [2.45, 2.75) is 90.8 Å². The predicted octanol–water partition coefficient (Wildman–Crippen LogP) is 8.42. The maximum absolute atomic E-state index is 14.3. The molecular formula is C37H43FN2O5. The third kappa shape index (κ3) is 7.63. The molecule has 1 amide bonds. The predicted molar refractivity (Wildman–Crippen MR) is 175 cm³/mol. The van der Waals surface area contributed by atoms with Crippen LogP contribution in [-0.2, 0) is 20.8 Å². The second-order valence-electron chi connectivity index (χ2n) is 12.9. The standard InChI is InChI=1S/C37H43FN2O5/c1-23(2)34-33(36(43)39-28-9-7-6-8-10-28)32(25-13-11-24(3)12-14-25)35(26-15-17-27(38)18-16-26)40(34)20-19-29-21-30(22-31(41)42)45-37(4,5)44-29/h6-11,13-18,23-24,29-30H,12,19-22H2,1-5H3,(H,39,43)(H,41,42). The van der Waals surface area contributed by atoms with Crippen molar-refractivity contribution in [1.29, 1.82) is 0 Å². The Morgan fingerprint density at radius 3 is 2.38 bits per heavy atom. The number of rotatable bonds is 10. The van der Waals surface area contributed by atoms with Crippen molar-refractivity contribution in [3.05, 3.63) is 95.5 Å². The van der Waals surface area contributed by atoms with E-state index in [2.05, 4.69) is 48.9 Å². The van der Waals surface area contributed by atoms with Crippen LogP contribution in [-0.4, -0.2) is 39.5 Å². The molecule has 1 aliphatic carbocycles. The van der Waals surface area contributed by atoms with Gasteiger partial charge in [-0.25, -0.2) is 4.39 Å². The molecule has 3 unspecified atom stereocenters. The Labute approximate surface area is 264 Å². The molecule has 7 nitrogen and oxygen atoms in total. The highest BCUT2D eigenvalue weighted by atomic mass is 19.1. The van der Waals surface area contributed by atoms with Gasteiger partial charge in [-0.15, -0.1) is 0 Å². The van der Waals surface area contributed by atoms with Gasteiger partial charge in [0.25, 0.3) is 5.91 Å². The van der Waals surface area contributed by atoms with E-state index in [9.17, 15) is 19.1 Å². The van der Waals surface area contributed by atoms with E-state index in [1.807, 2.05) is 30.3 Å². The number of nitrogens with one attached hydrogen (secondary N) is 1. The van der Waals surface area contributed by atoms with Gasteiger partial charge in [0.1, 0.15) is 5.82 Å². The van der Waals surface area contributed by atoms with E-state index in [0.717, 1.165) is 34.5 Å². The summed E-state index contributed by atoms with van der Waals surface area (Å²) in [7, 11) is 0. The number of carbonyl (C=O) groups excluding carboxylic acids is 1. The molecule has 3 aromatic rings. The van der Waals surface area contributed by atoms with Crippen molar-refractivity contribution in [2.75, 3.05) is 5.32 Å². The molecule has 5 rings (SSSR count). The number of aliphatic carboxylic acids is 1. The van der Waals surface area contributed by atoms with E-state index < -0.39 is 17.9 Å². The zero-order valence-corrected chi connectivity index (χ0v) is 26.7. The van der Waals surface area contributed by atoms with E-state index >= 15 is 0 Å². The van der Waals surface area contributed by atoms with E-state index in [-0.39, 0.29) is 30.2 Å². The Kier molecular flexibility index (Phi) is 9.75. The SMILES string of the molecule is CC1C=CC(c2c(C(=O)Nc3ccccc3)c(C(C)C)n(CCC3CC(CC(=O)O)OC(C)(C)O3)c2-c2ccc(F)cc2)=CC1. The highest BCUT2D eigenvalue weighted by Gasteiger charge is 2.37. The third-order valence-corrected chi connectivity index (χ3v) is 8.33. The molecule has 3 atom stereocenters. The fraction of sp³-hybridized carbons (Fsp3) is 0.405. The first-order valence-electron chi connectivity index (χ1n) is 15.8. The van der Waals surface area contributed by atoms with Crippen LogP contribution in [0.15, 0.2) is 72.8 Å². The summed E-state index contributed by atoms with van der Waals surface area (Å²) in [5.74, 6) is -2.04. The molecule has 2 aliphatic rings. The molecule has 0 bridgehead atoms. The lowest BCUT2D eigenvalue weighted by molar-refractivity contribution is -0.300. The molecule has 0 radical (unpaired) electrons. The van der Waals surface area contributed by atoms with Crippen molar-refractivity contribution in [2.24, 2.45) is 5.92 Å². The van der Waals surface area contributed by atoms with Gasteiger partial charge < -0.3 is 24.5 Å². The Balaban J connectivity index is 1.66. The van der Waals surface area contributed by atoms with Crippen LogP contribution >= 0.6 is 0 Å². The van der Waals surface area contributed by atoms with Crippen molar-refractivity contribution >= 4 is 23.1 Å². The number of anilines is 1. The molecule has 8 heteroatoms. The average molecular weight is 615 g/mol. The van der Waals surface area contributed by atoms with E-state index in [1.165, 1.54) is 12.1 Å². The smallest absolute Gasteiger partial charge is 0.305 e. The normalized spacial score (nSPS) is 21.0. The van der Waals surface area contributed by atoms with Gasteiger partial charge in [-0.05, 0) is 86.1 Å². The zero-order valence-electron chi connectivity index (χ0n) is 26.7. The fourth-order valence-corrected chi connectivity index (χ4v) is 6.51. The molecule has 0 saturated carbocycles. The van der Waals surface area contributed by atoms with Gasteiger partial charge in [0.15, 0.2) is 5.79 Å². The molecule has 1 fully saturated rings. The second-order valence-corrected chi connectivity index (χ2v) is 12.9. The number of para-hydroxylation sites is 1. The summed E-state index contributed by atoms with van der Waals surface area (Å²) in [5, 5.41) is 12.6. The molecule has 45 heavy (non-hydrogen) atoms. The largest absolute Gasteiger partial charge is 0.481 e. The number of ether oxygens (including phenoxy) is 2. The quantitative estimate of drug-likeness (QED) is 0.239. The van der Waals surface area contributed by atoms with Crippen LogP contribution in [0.25, 0.3) is 16.8 Å². The topological polar surface area (TPSA) is 89.8 Å². The van der Waals surface area contributed by atoms with Crippen molar-refractivity contribution in [3.8, 4) is 11.3 Å². The van der Waals surface area contributed by atoms with Crippen LogP contribution in [0.3, 0.4) is 0 Å². The minimum atomic E-state index is -0.930. The monoisotopic (exact) mass is 614 g/mol. The fourth-order valence-electron chi connectivity index (χ4n) is 6.51. The summed E-state index contributed by atoms with van der Waals surface area (Å²) in [5.41, 5.74) is 5.58. The summed E-state index contributed by atoms with van der Waals surface area (Å²) in [4.78, 5) is 25.8. The molecule has 238 valence electrons. The summed E-state index contributed by atoms with van der Waals surface area (Å²) < 4.78 is 28.6. The minimum absolute atomic E-state index is 0.0339. The van der Waals surface area contributed by atoms with Gasteiger partial charge in [-0.2, -0.15) is 0 Å². The number of carboxylic acids is 1. The number of hydrogen-bond donors (Lipinski definition) is 2.